The molecule has 1 aromatic rings. The summed E-state index contributed by atoms with van der Waals surface area (Å²) in [6.07, 6.45) is 9.52. The Kier molecular flexibility index (Phi) is 3.93. The summed E-state index contributed by atoms with van der Waals surface area (Å²) >= 11 is 0. The minimum absolute atomic E-state index is 1.02. The van der Waals surface area contributed by atoms with E-state index in [-0.39, 0.29) is 0 Å². The Balaban J connectivity index is 2.47. The number of hydrogen-bond acceptors (Lipinski definition) is 0. The van der Waals surface area contributed by atoms with Crippen LogP contribution in [0.2, 0.25) is 0 Å². The van der Waals surface area contributed by atoms with Crippen LogP contribution in [-0.4, -0.2) is 0 Å². The highest BCUT2D eigenvalue weighted by molar-refractivity contribution is 5.48. The summed E-state index contributed by atoms with van der Waals surface area (Å²) in [6.45, 7) is 2.04. The largest absolute Gasteiger partial charge is 0.0914 e. The lowest BCUT2D eigenvalue weighted by molar-refractivity contribution is 1.39. The van der Waals surface area contributed by atoms with Crippen LogP contribution in [0, 0.1) is 0 Å². The predicted octanol–water partition coefficient (Wildman–Crippen LogP) is 3.67. The van der Waals surface area contributed by atoms with Crippen molar-refractivity contribution >= 4 is 6.08 Å². The standard InChI is InChI=1S/C12H14/c1-2-3-4-6-9-12-10-7-5-8-11-12/h2-3,5-11H,4H2,1H3/b3-2?,9-6+. The predicted molar refractivity (Wildman–Crippen MR) is 54.9 cm³/mol. The maximum absolute atomic E-state index is 2.16. The topological polar surface area (TPSA) is 0 Å². The molecular formula is C12H14. The summed E-state index contributed by atoms with van der Waals surface area (Å²) in [5, 5.41) is 0. The highest BCUT2D eigenvalue weighted by Crippen LogP contribution is 2.01. The van der Waals surface area contributed by atoms with Gasteiger partial charge in [-0.3, -0.25) is 0 Å². The van der Waals surface area contributed by atoms with Crippen LogP contribution < -0.4 is 0 Å². The molecule has 0 N–H and O–H groups in total. The molecule has 0 aliphatic rings. The van der Waals surface area contributed by atoms with Crippen LogP contribution in [0.1, 0.15) is 18.9 Å². The lowest BCUT2D eigenvalue weighted by Crippen LogP contribution is -1.67. The third kappa shape index (κ3) is 3.20. The van der Waals surface area contributed by atoms with Crippen molar-refractivity contribution in [2.45, 2.75) is 13.3 Å². The van der Waals surface area contributed by atoms with Gasteiger partial charge in [0.15, 0.2) is 0 Å². The van der Waals surface area contributed by atoms with Crippen molar-refractivity contribution in [3.63, 3.8) is 0 Å². The monoisotopic (exact) mass is 158 g/mol. The molecule has 0 aromatic heterocycles. The van der Waals surface area contributed by atoms with Crippen molar-refractivity contribution in [1.29, 1.82) is 0 Å². The number of allylic oxidation sites excluding steroid dienone is 3. The first-order chi connectivity index (χ1) is 5.93. The molecule has 0 aliphatic carbocycles. The highest BCUT2D eigenvalue weighted by Gasteiger charge is 1.79. The molecule has 0 saturated heterocycles. The second-order valence-corrected chi connectivity index (χ2v) is 2.62. The third-order valence-electron chi connectivity index (χ3n) is 1.62. The van der Waals surface area contributed by atoms with Gasteiger partial charge in [0.25, 0.3) is 0 Å². The molecule has 0 heteroatoms. The number of benzene rings is 1. The normalized spacial score (nSPS) is 11.4. The summed E-state index contributed by atoms with van der Waals surface area (Å²) in [5.74, 6) is 0. The van der Waals surface area contributed by atoms with Gasteiger partial charge in [0.2, 0.25) is 0 Å². The Morgan fingerprint density at radius 3 is 2.50 bits per heavy atom. The van der Waals surface area contributed by atoms with Crippen LogP contribution in [0.5, 0.6) is 0 Å². The molecule has 12 heavy (non-hydrogen) atoms. The van der Waals surface area contributed by atoms with E-state index < -0.39 is 0 Å². The van der Waals surface area contributed by atoms with E-state index in [9.17, 15) is 0 Å². The van der Waals surface area contributed by atoms with Gasteiger partial charge in [0, 0.05) is 0 Å². The summed E-state index contributed by atoms with van der Waals surface area (Å²) in [6, 6.07) is 10.3. The van der Waals surface area contributed by atoms with Gasteiger partial charge >= 0.3 is 0 Å². The molecule has 0 saturated carbocycles. The lowest BCUT2D eigenvalue weighted by atomic mass is 10.2. The van der Waals surface area contributed by atoms with Gasteiger partial charge in [-0.1, -0.05) is 54.6 Å². The summed E-state index contributed by atoms with van der Waals surface area (Å²) < 4.78 is 0. The fourth-order valence-electron chi connectivity index (χ4n) is 0.983. The van der Waals surface area contributed by atoms with Crippen molar-refractivity contribution < 1.29 is 0 Å². The molecule has 0 spiro atoms. The van der Waals surface area contributed by atoms with Gasteiger partial charge in [0.1, 0.15) is 0 Å². The van der Waals surface area contributed by atoms with Crippen molar-refractivity contribution in [2.24, 2.45) is 0 Å². The summed E-state index contributed by atoms with van der Waals surface area (Å²) in [4.78, 5) is 0. The van der Waals surface area contributed by atoms with E-state index >= 15 is 0 Å². The first kappa shape index (κ1) is 8.79. The summed E-state index contributed by atoms with van der Waals surface area (Å²) in [7, 11) is 0. The number of rotatable bonds is 3. The summed E-state index contributed by atoms with van der Waals surface area (Å²) in [5.41, 5.74) is 1.27. The molecule has 1 rings (SSSR count). The molecule has 0 radical (unpaired) electrons. The third-order valence-corrected chi connectivity index (χ3v) is 1.62. The molecule has 62 valence electrons. The molecule has 0 heterocycles. The van der Waals surface area contributed by atoms with Gasteiger partial charge in [-0.05, 0) is 18.9 Å². The fourth-order valence-corrected chi connectivity index (χ4v) is 0.983. The smallest absolute Gasteiger partial charge is 0.0166 e. The van der Waals surface area contributed by atoms with Crippen molar-refractivity contribution in [3.05, 3.63) is 54.1 Å². The highest BCUT2D eigenvalue weighted by atomic mass is 13.9. The van der Waals surface area contributed by atoms with Crippen molar-refractivity contribution in [3.8, 4) is 0 Å². The van der Waals surface area contributed by atoms with Crippen LogP contribution in [0.25, 0.3) is 6.08 Å². The zero-order chi connectivity index (χ0) is 8.65. The maximum Gasteiger partial charge on any atom is -0.0166 e. The van der Waals surface area contributed by atoms with Crippen molar-refractivity contribution in [1.82, 2.24) is 0 Å². The molecule has 0 bridgehead atoms. The van der Waals surface area contributed by atoms with Gasteiger partial charge in [-0.15, -0.1) is 0 Å². The second kappa shape index (κ2) is 5.36. The molecule has 0 unspecified atom stereocenters. The van der Waals surface area contributed by atoms with E-state index in [4.69, 9.17) is 0 Å². The Morgan fingerprint density at radius 1 is 1.08 bits per heavy atom. The molecule has 0 nitrogen and oxygen atoms in total. The van der Waals surface area contributed by atoms with E-state index in [2.05, 4.69) is 48.6 Å². The first-order valence-electron chi connectivity index (χ1n) is 4.26. The minimum atomic E-state index is 1.02. The molecule has 0 aliphatic heterocycles. The van der Waals surface area contributed by atoms with Gasteiger partial charge in [0.05, 0.1) is 0 Å². The van der Waals surface area contributed by atoms with Crippen molar-refractivity contribution in [2.75, 3.05) is 0 Å². The van der Waals surface area contributed by atoms with Crippen LogP contribution in [0.15, 0.2) is 48.6 Å². The Bertz CT molecular complexity index is 255. The minimum Gasteiger partial charge on any atom is -0.0914 e. The fraction of sp³-hybridized carbons (Fsp3) is 0.167. The second-order valence-electron chi connectivity index (χ2n) is 2.62. The lowest BCUT2D eigenvalue weighted by Gasteiger charge is -1.89. The van der Waals surface area contributed by atoms with Crippen LogP contribution >= 0.6 is 0 Å². The van der Waals surface area contributed by atoms with E-state index in [1.54, 1.807) is 0 Å². The number of hydrogen-bond donors (Lipinski definition) is 0. The van der Waals surface area contributed by atoms with Gasteiger partial charge in [-0.25, -0.2) is 0 Å². The molecular weight excluding hydrogens is 144 g/mol. The molecule has 0 amide bonds. The first-order valence-corrected chi connectivity index (χ1v) is 4.26. The Labute approximate surface area is 74.2 Å². The average molecular weight is 158 g/mol. The average Bonchev–Trinajstić information content (AvgIpc) is 2.14. The molecule has 1 aromatic carbocycles. The van der Waals surface area contributed by atoms with Crippen LogP contribution in [-0.2, 0) is 0 Å². The zero-order valence-corrected chi connectivity index (χ0v) is 7.40. The van der Waals surface area contributed by atoms with Crippen LogP contribution in [0.4, 0.5) is 0 Å². The quantitative estimate of drug-likeness (QED) is 0.589. The Morgan fingerprint density at radius 2 is 1.83 bits per heavy atom. The molecule has 0 atom stereocenters. The molecule has 0 fully saturated rings. The maximum atomic E-state index is 2.16. The van der Waals surface area contributed by atoms with Gasteiger partial charge < -0.3 is 0 Å². The Hall–Kier alpha value is -1.30. The zero-order valence-electron chi connectivity index (χ0n) is 7.40. The van der Waals surface area contributed by atoms with E-state index in [1.807, 2.05) is 13.0 Å². The SMILES string of the molecule is CC=CC/C=C/c1ccccc1. The van der Waals surface area contributed by atoms with Crippen LogP contribution in [0.3, 0.4) is 0 Å². The van der Waals surface area contributed by atoms with E-state index in [0.29, 0.717) is 0 Å². The van der Waals surface area contributed by atoms with E-state index in [0.717, 1.165) is 6.42 Å². The van der Waals surface area contributed by atoms with E-state index in [1.165, 1.54) is 5.56 Å². The van der Waals surface area contributed by atoms with Gasteiger partial charge in [-0.2, -0.15) is 0 Å².